The van der Waals surface area contributed by atoms with Crippen LogP contribution in [0, 0.1) is 6.92 Å². The summed E-state index contributed by atoms with van der Waals surface area (Å²) in [5.41, 5.74) is 2.48. The number of nitrogens with zero attached hydrogens (tertiary/aromatic N) is 1. The number of H-pyrrole nitrogens is 1. The maximum atomic E-state index is 6.10. The lowest BCUT2D eigenvalue weighted by Gasteiger charge is -2.32. The largest absolute Gasteiger partial charge is 0.494 e. The Morgan fingerprint density at radius 3 is 2.33 bits per heavy atom. The summed E-state index contributed by atoms with van der Waals surface area (Å²) in [7, 11) is -0.334. The van der Waals surface area contributed by atoms with Gasteiger partial charge < -0.3 is 14.3 Å². The van der Waals surface area contributed by atoms with E-state index >= 15 is 0 Å². The van der Waals surface area contributed by atoms with Crippen LogP contribution in [0.5, 0.6) is 0 Å². The minimum Gasteiger partial charge on any atom is -0.399 e. The lowest BCUT2D eigenvalue weighted by molar-refractivity contribution is 0.00578. The minimum absolute atomic E-state index is 0.321. The Morgan fingerprint density at radius 2 is 1.76 bits per heavy atom. The Hall–Kier alpha value is -1.59. The molecule has 1 aliphatic heterocycles. The molecule has 2 heterocycles. The number of aromatic amines is 1. The van der Waals surface area contributed by atoms with Crippen molar-refractivity contribution in [2.24, 2.45) is 0 Å². The van der Waals surface area contributed by atoms with E-state index in [-0.39, 0.29) is 18.3 Å². The van der Waals surface area contributed by atoms with Crippen molar-refractivity contribution in [2.75, 3.05) is 0 Å². The number of hydrogen-bond acceptors (Lipinski definition) is 3. The molecular weight excluding hydrogens is 263 g/mol. The van der Waals surface area contributed by atoms with Gasteiger partial charge in [-0.1, -0.05) is 24.3 Å². The van der Waals surface area contributed by atoms with E-state index in [0.29, 0.717) is 0 Å². The molecule has 1 saturated heterocycles. The lowest BCUT2D eigenvalue weighted by atomic mass is 9.78. The Balaban J connectivity index is 1.91. The maximum absolute atomic E-state index is 6.10. The van der Waals surface area contributed by atoms with E-state index in [0.717, 1.165) is 22.5 Å². The van der Waals surface area contributed by atoms with Crippen molar-refractivity contribution in [1.29, 1.82) is 0 Å². The van der Waals surface area contributed by atoms with Gasteiger partial charge in [-0.05, 0) is 45.6 Å². The summed E-state index contributed by atoms with van der Waals surface area (Å²) in [4.78, 5) is 7.50. The van der Waals surface area contributed by atoms with Crippen LogP contribution in [0.3, 0.4) is 0 Å². The predicted molar refractivity (Wildman–Crippen MR) is 84.5 cm³/mol. The van der Waals surface area contributed by atoms with Crippen molar-refractivity contribution in [3.63, 3.8) is 0 Å². The molecule has 1 N–H and O–H groups in total. The third-order valence-corrected chi connectivity index (χ3v) is 4.43. The molecule has 0 amide bonds. The van der Waals surface area contributed by atoms with Gasteiger partial charge in [-0.3, -0.25) is 0 Å². The molecule has 21 heavy (non-hydrogen) atoms. The van der Waals surface area contributed by atoms with E-state index in [2.05, 4.69) is 49.8 Å². The molecule has 0 spiro atoms. The maximum Gasteiger partial charge on any atom is 0.494 e. The first-order chi connectivity index (χ1) is 9.78. The minimum atomic E-state index is -0.334. The Bertz CT molecular complexity index is 648. The van der Waals surface area contributed by atoms with E-state index in [9.17, 15) is 0 Å². The molecule has 0 atom stereocenters. The highest BCUT2D eigenvalue weighted by molar-refractivity contribution is 6.62. The van der Waals surface area contributed by atoms with Crippen LogP contribution in [0.25, 0.3) is 11.3 Å². The molecule has 2 aromatic rings. The average Bonchev–Trinajstić information content (AvgIpc) is 2.92. The van der Waals surface area contributed by atoms with Crippen molar-refractivity contribution in [2.45, 2.75) is 45.8 Å². The summed E-state index contributed by atoms with van der Waals surface area (Å²) in [5.74, 6) is 0.908. The van der Waals surface area contributed by atoms with E-state index in [1.165, 1.54) is 0 Å². The van der Waals surface area contributed by atoms with Crippen LogP contribution in [0.2, 0.25) is 0 Å². The average molecular weight is 284 g/mol. The zero-order valence-corrected chi connectivity index (χ0v) is 13.2. The third-order valence-electron chi connectivity index (χ3n) is 4.43. The quantitative estimate of drug-likeness (QED) is 0.862. The molecule has 1 aromatic heterocycles. The number of nitrogens with one attached hydrogen (secondary N) is 1. The van der Waals surface area contributed by atoms with E-state index in [1.54, 1.807) is 0 Å². The van der Waals surface area contributed by atoms with E-state index in [1.807, 2.05) is 25.3 Å². The van der Waals surface area contributed by atoms with Gasteiger partial charge in [-0.2, -0.15) is 0 Å². The normalized spacial score (nSPS) is 20.0. The van der Waals surface area contributed by atoms with Crippen LogP contribution in [-0.2, 0) is 9.31 Å². The summed E-state index contributed by atoms with van der Waals surface area (Å²) in [6, 6.07) is 8.21. The molecular formula is C16H21BN2O2. The van der Waals surface area contributed by atoms with Crippen molar-refractivity contribution >= 4 is 12.6 Å². The molecule has 1 aromatic carbocycles. The summed E-state index contributed by atoms with van der Waals surface area (Å²) in [5, 5.41) is 0. The van der Waals surface area contributed by atoms with Crippen LogP contribution < -0.4 is 5.46 Å². The second-order valence-corrected chi connectivity index (χ2v) is 6.60. The van der Waals surface area contributed by atoms with Crippen LogP contribution in [0.15, 0.2) is 30.5 Å². The summed E-state index contributed by atoms with van der Waals surface area (Å²) in [6.07, 6.45) is 1.85. The summed E-state index contributed by atoms with van der Waals surface area (Å²) >= 11 is 0. The molecule has 110 valence electrons. The summed E-state index contributed by atoms with van der Waals surface area (Å²) in [6.45, 7) is 10.2. The number of benzene rings is 1. The van der Waals surface area contributed by atoms with Gasteiger partial charge in [0.2, 0.25) is 0 Å². The first kappa shape index (κ1) is 14.4. The van der Waals surface area contributed by atoms with Crippen molar-refractivity contribution in [3.8, 4) is 11.3 Å². The second-order valence-electron chi connectivity index (χ2n) is 6.60. The monoisotopic (exact) mass is 284 g/mol. The fourth-order valence-electron chi connectivity index (χ4n) is 2.40. The first-order valence-electron chi connectivity index (χ1n) is 7.26. The molecule has 1 fully saturated rings. The molecule has 0 bridgehead atoms. The van der Waals surface area contributed by atoms with Gasteiger partial charge in [-0.15, -0.1) is 0 Å². The molecule has 0 saturated carbocycles. The zero-order chi connectivity index (χ0) is 15.3. The van der Waals surface area contributed by atoms with Crippen LogP contribution in [0.4, 0.5) is 0 Å². The number of imidazole rings is 1. The molecule has 3 rings (SSSR count). The first-order valence-corrected chi connectivity index (χ1v) is 7.26. The Labute approximate surface area is 126 Å². The fourth-order valence-corrected chi connectivity index (χ4v) is 2.40. The smallest absolute Gasteiger partial charge is 0.399 e. The van der Waals surface area contributed by atoms with Gasteiger partial charge in [0.25, 0.3) is 0 Å². The highest BCUT2D eigenvalue weighted by Gasteiger charge is 2.51. The van der Waals surface area contributed by atoms with E-state index < -0.39 is 0 Å². The second kappa shape index (κ2) is 4.72. The Kier molecular flexibility index (Phi) is 3.22. The third kappa shape index (κ3) is 2.52. The standard InChI is InChI=1S/C16H21BN2O2/c1-11-18-10-14(19-11)12-7-6-8-13(9-12)17-20-15(2,3)16(4,5)21-17/h6-10H,1-5H3,(H,18,19). The molecule has 4 nitrogen and oxygen atoms in total. The molecule has 0 aliphatic carbocycles. The highest BCUT2D eigenvalue weighted by atomic mass is 16.7. The SMILES string of the molecule is Cc1ncc(-c2cccc(B3OC(C)(C)C(C)(C)O3)c2)[nH]1. The van der Waals surface area contributed by atoms with Gasteiger partial charge in [0.05, 0.1) is 23.1 Å². The molecule has 5 heteroatoms. The molecule has 1 aliphatic rings. The molecule has 0 radical (unpaired) electrons. The number of hydrogen-bond donors (Lipinski definition) is 1. The zero-order valence-electron chi connectivity index (χ0n) is 13.2. The fraction of sp³-hybridized carbons (Fsp3) is 0.438. The lowest BCUT2D eigenvalue weighted by Crippen LogP contribution is -2.41. The van der Waals surface area contributed by atoms with E-state index in [4.69, 9.17) is 9.31 Å². The number of rotatable bonds is 2. The number of aryl methyl sites for hydroxylation is 1. The van der Waals surface area contributed by atoms with Crippen LogP contribution >= 0.6 is 0 Å². The number of aromatic nitrogens is 2. The summed E-state index contributed by atoms with van der Waals surface area (Å²) < 4.78 is 12.2. The van der Waals surface area contributed by atoms with Crippen LogP contribution in [-0.4, -0.2) is 28.3 Å². The predicted octanol–water partition coefficient (Wildman–Crippen LogP) is 2.68. The highest BCUT2D eigenvalue weighted by Crippen LogP contribution is 2.36. The van der Waals surface area contributed by atoms with Gasteiger partial charge >= 0.3 is 7.12 Å². The van der Waals surface area contributed by atoms with Gasteiger partial charge in [-0.25, -0.2) is 4.98 Å². The van der Waals surface area contributed by atoms with Crippen molar-refractivity contribution < 1.29 is 9.31 Å². The van der Waals surface area contributed by atoms with Crippen molar-refractivity contribution in [1.82, 2.24) is 9.97 Å². The topological polar surface area (TPSA) is 47.1 Å². The molecule has 0 unspecified atom stereocenters. The van der Waals surface area contributed by atoms with Crippen molar-refractivity contribution in [3.05, 3.63) is 36.3 Å². The van der Waals surface area contributed by atoms with Gasteiger partial charge in [0.15, 0.2) is 0 Å². The van der Waals surface area contributed by atoms with Gasteiger partial charge in [0, 0.05) is 0 Å². The van der Waals surface area contributed by atoms with Gasteiger partial charge in [0.1, 0.15) is 5.82 Å². The Morgan fingerprint density at radius 1 is 1.10 bits per heavy atom. The van der Waals surface area contributed by atoms with Crippen LogP contribution in [0.1, 0.15) is 33.5 Å².